The molecule has 4 nitrogen and oxygen atoms in total. The highest BCUT2D eigenvalue weighted by Crippen LogP contribution is 2.07. The van der Waals surface area contributed by atoms with Gasteiger partial charge in [-0.15, -0.1) is 0 Å². The molecule has 0 aromatic rings. The molecular weight excluding hydrogens is 216 g/mol. The van der Waals surface area contributed by atoms with Crippen LogP contribution in [0, 0.1) is 0 Å². The maximum absolute atomic E-state index is 11.3. The quantitative estimate of drug-likeness (QED) is 0.254. The average Bonchev–Trinajstić information content (AvgIpc) is 2.35. The van der Waals surface area contributed by atoms with E-state index in [4.69, 9.17) is 10.6 Å². The van der Waals surface area contributed by atoms with Crippen LogP contribution in [-0.4, -0.2) is 18.6 Å². The van der Waals surface area contributed by atoms with Gasteiger partial charge in [-0.1, -0.05) is 52.4 Å². The predicted octanol–water partition coefficient (Wildman–Crippen LogP) is 2.52. The fraction of sp³-hybridized carbons (Fsp3) is 0.923. The number of hydrogen-bond acceptors (Lipinski definition) is 3. The first-order valence-electron chi connectivity index (χ1n) is 6.88. The molecule has 0 radical (unpaired) electrons. The largest absolute Gasteiger partial charge is 0.368 e. The topological polar surface area (TPSA) is 64.3 Å². The van der Waals surface area contributed by atoms with Crippen LogP contribution < -0.4 is 11.3 Å². The van der Waals surface area contributed by atoms with Crippen LogP contribution in [0.5, 0.6) is 0 Å². The lowest BCUT2D eigenvalue weighted by Crippen LogP contribution is -2.40. The van der Waals surface area contributed by atoms with E-state index in [2.05, 4.69) is 12.3 Å². The van der Waals surface area contributed by atoms with E-state index in [0.29, 0.717) is 6.61 Å². The number of carbonyl (C=O) groups excluding carboxylic acids is 1. The van der Waals surface area contributed by atoms with Crippen molar-refractivity contribution in [3.05, 3.63) is 0 Å². The molecule has 0 bridgehead atoms. The van der Waals surface area contributed by atoms with E-state index in [1.165, 1.54) is 32.1 Å². The molecule has 0 saturated carbocycles. The van der Waals surface area contributed by atoms with Gasteiger partial charge in [0.05, 0.1) is 0 Å². The van der Waals surface area contributed by atoms with E-state index in [1.54, 1.807) is 0 Å². The summed E-state index contributed by atoms with van der Waals surface area (Å²) < 4.78 is 5.55. The standard InChI is InChI=1S/C13H28N2O2/c1-3-5-6-7-8-9-11-17-12(10-4-2)13(16)15-14/h12H,3-11,14H2,1-2H3,(H,15,16). The smallest absolute Gasteiger partial charge is 0.262 e. The number of unbranched alkanes of at least 4 members (excludes halogenated alkanes) is 5. The summed E-state index contributed by atoms with van der Waals surface area (Å²) in [5.74, 6) is 4.90. The Kier molecular flexibility index (Phi) is 11.4. The summed E-state index contributed by atoms with van der Waals surface area (Å²) >= 11 is 0. The number of nitrogens with one attached hydrogen (secondary N) is 1. The summed E-state index contributed by atoms with van der Waals surface area (Å²) in [5, 5.41) is 0. The van der Waals surface area contributed by atoms with E-state index in [9.17, 15) is 4.79 Å². The number of hydrogen-bond donors (Lipinski definition) is 2. The Labute approximate surface area is 105 Å². The minimum atomic E-state index is -0.374. The molecule has 0 saturated heterocycles. The minimum absolute atomic E-state index is 0.210. The lowest BCUT2D eigenvalue weighted by molar-refractivity contribution is -0.133. The van der Waals surface area contributed by atoms with Gasteiger partial charge < -0.3 is 4.74 Å². The summed E-state index contributed by atoms with van der Waals surface area (Å²) in [6, 6.07) is 0. The van der Waals surface area contributed by atoms with E-state index in [-0.39, 0.29) is 12.0 Å². The van der Waals surface area contributed by atoms with Crippen LogP contribution in [0.3, 0.4) is 0 Å². The fourth-order valence-electron chi connectivity index (χ4n) is 1.75. The highest BCUT2D eigenvalue weighted by atomic mass is 16.5. The molecule has 0 aliphatic carbocycles. The van der Waals surface area contributed by atoms with Crippen molar-refractivity contribution in [2.45, 2.75) is 71.3 Å². The number of hydrazine groups is 1. The van der Waals surface area contributed by atoms with Crippen molar-refractivity contribution in [3.8, 4) is 0 Å². The summed E-state index contributed by atoms with van der Waals surface area (Å²) in [6.45, 7) is 4.90. The number of nitrogens with two attached hydrogens (primary N) is 1. The van der Waals surface area contributed by atoms with Gasteiger partial charge in [0.25, 0.3) is 5.91 Å². The van der Waals surface area contributed by atoms with Crippen LogP contribution in [0.15, 0.2) is 0 Å². The van der Waals surface area contributed by atoms with Crippen LogP contribution in [0.25, 0.3) is 0 Å². The predicted molar refractivity (Wildman–Crippen MR) is 70.4 cm³/mol. The summed E-state index contributed by atoms with van der Waals surface area (Å²) in [4.78, 5) is 11.3. The minimum Gasteiger partial charge on any atom is -0.368 e. The fourth-order valence-corrected chi connectivity index (χ4v) is 1.75. The lowest BCUT2D eigenvalue weighted by atomic mass is 10.1. The third-order valence-electron chi connectivity index (χ3n) is 2.80. The normalized spacial score (nSPS) is 12.4. The summed E-state index contributed by atoms with van der Waals surface area (Å²) in [7, 11) is 0. The molecule has 0 aromatic carbocycles. The Hall–Kier alpha value is -0.610. The summed E-state index contributed by atoms with van der Waals surface area (Å²) in [6.07, 6.45) is 8.65. The molecule has 0 spiro atoms. The van der Waals surface area contributed by atoms with Gasteiger partial charge in [-0.3, -0.25) is 10.2 Å². The van der Waals surface area contributed by atoms with Crippen molar-refractivity contribution < 1.29 is 9.53 Å². The molecular formula is C13H28N2O2. The number of amides is 1. The molecule has 1 atom stereocenters. The van der Waals surface area contributed by atoms with Crippen molar-refractivity contribution in [3.63, 3.8) is 0 Å². The first kappa shape index (κ1) is 16.4. The van der Waals surface area contributed by atoms with E-state index < -0.39 is 0 Å². The second-order valence-electron chi connectivity index (χ2n) is 4.42. The molecule has 0 fully saturated rings. The van der Waals surface area contributed by atoms with Crippen molar-refractivity contribution >= 4 is 5.91 Å². The van der Waals surface area contributed by atoms with Crippen LogP contribution in [0.1, 0.15) is 65.2 Å². The van der Waals surface area contributed by atoms with Crippen LogP contribution in [-0.2, 0) is 9.53 Å². The zero-order valence-corrected chi connectivity index (χ0v) is 11.3. The Morgan fingerprint density at radius 2 is 1.76 bits per heavy atom. The van der Waals surface area contributed by atoms with E-state index >= 15 is 0 Å². The van der Waals surface area contributed by atoms with Gasteiger partial charge in [0, 0.05) is 6.61 Å². The zero-order chi connectivity index (χ0) is 12.9. The van der Waals surface area contributed by atoms with E-state index in [0.717, 1.165) is 19.3 Å². The number of carbonyl (C=O) groups is 1. The second kappa shape index (κ2) is 11.9. The van der Waals surface area contributed by atoms with Crippen molar-refractivity contribution in [2.24, 2.45) is 5.84 Å². The molecule has 0 aromatic heterocycles. The summed E-state index contributed by atoms with van der Waals surface area (Å²) in [5.41, 5.74) is 2.15. The van der Waals surface area contributed by atoms with E-state index in [1.807, 2.05) is 6.92 Å². The first-order chi connectivity index (χ1) is 8.26. The van der Waals surface area contributed by atoms with Crippen LogP contribution in [0.2, 0.25) is 0 Å². The molecule has 4 heteroatoms. The molecule has 102 valence electrons. The Bertz CT molecular complexity index is 186. The maximum atomic E-state index is 11.3. The highest BCUT2D eigenvalue weighted by Gasteiger charge is 2.16. The van der Waals surface area contributed by atoms with Gasteiger partial charge in [-0.25, -0.2) is 5.84 Å². The monoisotopic (exact) mass is 244 g/mol. The van der Waals surface area contributed by atoms with Gasteiger partial charge >= 0.3 is 0 Å². The van der Waals surface area contributed by atoms with Crippen LogP contribution >= 0.6 is 0 Å². The molecule has 0 heterocycles. The number of ether oxygens (including phenoxy) is 1. The average molecular weight is 244 g/mol. The van der Waals surface area contributed by atoms with Gasteiger partial charge in [-0.05, 0) is 12.8 Å². The number of rotatable bonds is 11. The van der Waals surface area contributed by atoms with Gasteiger partial charge in [0.2, 0.25) is 0 Å². The molecule has 0 aliphatic heterocycles. The van der Waals surface area contributed by atoms with Gasteiger partial charge in [-0.2, -0.15) is 0 Å². The first-order valence-corrected chi connectivity index (χ1v) is 6.88. The molecule has 1 amide bonds. The zero-order valence-electron chi connectivity index (χ0n) is 11.3. The highest BCUT2D eigenvalue weighted by molar-refractivity contribution is 5.80. The van der Waals surface area contributed by atoms with Crippen LogP contribution in [0.4, 0.5) is 0 Å². The lowest BCUT2D eigenvalue weighted by Gasteiger charge is -2.15. The molecule has 17 heavy (non-hydrogen) atoms. The Morgan fingerprint density at radius 1 is 1.12 bits per heavy atom. The van der Waals surface area contributed by atoms with Crippen molar-refractivity contribution in [1.82, 2.24) is 5.43 Å². The third-order valence-corrected chi connectivity index (χ3v) is 2.80. The molecule has 3 N–H and O–H groups in total. The third kappa shape index (κ3) is 9.12. The SMILES string of the molecule is CCCCCCCCOC(CCC)C(=O)NN. The van der Waals surface area contributed by atoms with Gasteiger partial charge in [0.1, 0.15) is 6.10 Å². The maximum Gasteiger partial charge on any atom is 0.262 e. The van der Waals surface area contributed by atoms with Crippen molar-refractivity contribution in [2.75, 3.05) is 6.61 Å². The second-order valence-corrected chi connectivity index (χ2v) is 4.42. The molecule has 1 unspecified atom stereocenters. The van der Waals surface area contributed by atoms with Crippen molar-refractivity contribution in [1.29, 1.82) is 0 Å². The Balaban J connectivity index is 3.51. The molecule has 0 aliphatic rings. The Morgan fingerprint density at radius 3 is 2.35 bits per heavy atom. The van der Waals surface area contributed by atoms with Gasteiger partial charge in [0.15, 0.2) is 0 Å². The molecule has 0 rings (SSSR count).